The van der Waals surface area contributed by atoms with E-state index < -0.39 is 0 Å². The zero-order valence-corrected chi connectivity index (χ0v) is 8.12. The minimum absolute atomic E-state index is 0. The first-order chi connectivity index (χ1) is 2.00. The Morgan fingerprint density at radius 3 is 0.833 bits per heavy atom. The van der Waals surface area contributed by atoms with Gasteiger partial charge >= 0.3 is 70.2 Å². The third kappa shape index (κ3) is 35.2. The van der Waals surface area contributed by atoms with Crippen molar-refractivity contribution in [3.05, 3.63) is 11.5 Å². The van der Waals surface area contributed by atoms with Gasteiger partial charge in [0, 0.05) is 0 Å². The fourth-order valence-corrected chi connectivity index (χ4v) is 0. The second-order valence-electron chi connectivity index (χ2n) is 0. The molecular formula is C2H8KLiN2. The molecule has 0 aromatic carbocycles. The molecule has 0 saturated heterocycles. The fourth-order valence-electron chi connectivity index (χ4n) is 0. The second-order valence-corrected chi connectivity index (χ2v) is 0. The van der Waals surface area contributed by atoms with Gasteiger partial charge in [0.2, 0.25) is 0 Å². The number of hydrogen-bond donors (Lipinski definition) is 0. The van der Waals surface area contributed by atoms with E-state index in [1.807, 2.05) is 0 Å². The van der Waals surface area contributed by atoms with Crippen LogP contribution in [0.15, 0.2) is 0 Å². The maximum Gasteiger partial charge on any atom is 1.00 e. The minimum Gasteiger partial charge on any atom is -0.680 e. The topological polar surface area (TPSA) is 47.6 Å². The Balaban J connectivity index is -0.00000000500. The maximum atomic E-state index is 5.75. The summed E-state index contributed by atoms with van der Waals surface area (Å²) in [5.41, 5.74) is 11.5. The van der Waals surface area contributed by atoms with Crippen LogP contribution < -0.4 is 70.2 Å². The van der Waals surface area contributed by atoms with Gasteiger partial charge in [-0.1, -0.05) is 0 Å². The molecule has 0 saturated carbocycles. The van der Waals surface area contributed by atoms with Crippen LogP contribution in [0.3, 0.4) is 0 Å². The summed E-state index contributed by atoms with van der Waals surface area (Å²) < 4.78 is 0. The molecule has 0 aromatic heterocycles. The molecule has 0 spiro atoms. The molecule has 0 atom stereocenters. The van der Waals surface area contributed by atoms with Gasteiger partial charge in [0.15, 0.2) is 0 Å². The zero-order valence-electron chi connectivity index (χ0n) is 5.00. The van der Waals surface area contributed by atoms with Gasteiger partial charge in [-0.15, -0.1) is 0 Å². The normalized spacial score (nSPS) is 2.00. The van der Waals surface area contributed by atoms with E-state index in [9.17, 15) is 0 Å². The Kier molecular flexibility index (Phi) is 235. The minimum atomic E-state index is 0. The van der Waals surface area contributed by atoms with Crippen LogP contribution in [0.4, 0.5) is 0 Å². The molecule has 0 unspecified atom stereocenters. The average molecular weight is 106 g/mol. The number of rotatable bonds is 0. The van der Waals surface area contributed by atoms with E-state index in [2.05, 4.69) is 0 Å². The van der Waals surface area contributed by atoms with Crippen LogP contribution in [-0.2, 0) is 0 Å². The molecule has 0 bridgehead atoms. The summed E-state index contributed by atoms with van der Waals surface area (Å²) in [6, 6.07) is 0. The van der Waals surface area contributed by atoms with Crippen molar-refractivity contribution in [2.45, 2.75) is 0 Å². The van der Waals surface area contributed by atoms with Crippen molar-refractivity contribution in [3.8, 4) is 0 Å². The molecule has 2 N–H and O–H groups in total. The fraction of sp³-hybridized carbons (Fsp3) is 1.00. The molecule has 0 fully saturated rings. The summed E-state index contributed by atoms with van der Waals surface area (Å²) in [5.74, 6) is 0. The van der Waals surface area contributed by atoms with Crippen LogP contribution in [0.25, 0.3) is 11.5 Å². The second kappa shape index (κ2) is 58.4. The van der Waals surface area contributed by atoms with Gasteiger partial charge in [-0.2, -0.15) is 14.1 Å². The Morgan fingerprint density at radius 1 is 0.833 bits per heavy atom. The number of nitrogens with one attached hydrogen (secondary N) is 2. The van der Waals surface area contributed by atoms with Crippen molar-refractivity contribution in [3.63, 3.8) is 0 Å². The monoisotopic (exact) mass is 106 g/mol. The molecule has 0 aliphatic rings. The van der Waals surface area contributed by atoms with Crippen molar-refractivity contribution in [1.82, 2.24) is 0 Å². The van der Waals surface area contributed by atoms with Crippen LogP contribution in [0.2, 0.25) is 0 Å². The summed E-state index contributed by atoms with van der Waals surface area (Å²) in [4.78, 5) is 0. The van der Waals surface area contributed by atoms with Crippen molar-refractivity contribution < 1.29 is 70.2 Å². The zero-order chi connectivity index (χ0) is 4.00. The molecule has 0 amide bonds. The molecule has 0 aliphatic carbocycles. The molecule has 28 valence electrons. The Morgan fingerprint density at radius 2 is 0.833 bits per heavy atom. The predicted octanol–water partition coefficient (Wildman–Crippen LogP) is -4.66. The molecule has 2 nitrogen and oxygen atoms in total. The van der Waals surface area contributed by atoms with E-state index in [0.717, 1.165) is 0 Å². The Hall–Kier alpha value is 2.15. The van der Waals surface area contributed by atoms with Gasteiger partial charge in [0.1, 0.15) is 0 Å². The van der Waals surface area contributed by atoms with E-state index in [4.69, 9.17) is 11.5 Å². The van der Waals surface area contributed by atoms with Gasteiger partial charge < -0.3 is 11.5 Å². The molecule has 0 rings (SSSR count). The van der Waals surface area contributed by atoms with Gasteiger partial charge in [0.25, 0.3) is 0 Å². The van der Waals surface area contributed by atoms with Gasteiger partial charge in [-0.3, -0.25) is 0 Å². The van der Waals surface area contributed by atoms with Gasteiger partial charge in [0.05, 0.1) is 0 Å². The molecule has 0 heterocycles. The van der Waals surface area contributed by atoms with Crippen LogP contribution in [0, 0.1) is 0 Å². The van der Waals surface area contributed by atoms with Crippen LogP contribution in [-0.4, -0.2) is 14.1 Å². The van der Waals surface area contributed by atoms with E-state index in [-0.39, 0.29) is 70.2 Å². The summed E-state index contributed by atoms with van der Waals surface area (Å²) in [6.45, 7) is 0. The smallest absolute Gasteiger partial charge is 0.680 e. The van der Waals surface area contributed by atoms with E-state index in [1.165, 1.54) is 14.1 Å². The molecule has 4 heteroatoms. The Labute approximate surface area is 94.0 Å². The van der Waals surface area contributed by atoms with Crippen molar-refractivity contribution >= 4 is 0 Å². The third-order valence-electron chi connectivity index (χ3n) is 0. The van der Waals surface area contributed by atoms with Crippen molar-refractivity contribution in [2.75, 3.05) is 14.1 Å². The Bertz CT molecular complexity index is 11.5. The number of hydrogen-bond acceptors (Lipinski definition) is 0. The summed E-state index contributed by atoms with van der Waals surface area (Å²) in [7, 11) is 2.50. The molecule has 6 heavy (non-hydrogen) atoms. The van der Waals surface area contributed by atoms with Gasteiger partial charge in [-0.25, -0.2) is 0 Å². The van der Waals surface area contributed by atoms with Crippen LogP contribution >= 0.6 is 0 Å². The van der Waals surface area contributed by atoms with Gasteiger partial charge in [-0.05, 0) is 0 Å². The summed E-state index contributed by atoms with van der Waals surface area (Å²) >= 11 is 0. The third-order valence-corrected chi connectivity index (χ3v) is 0. The van der Waals surface area contributed by atoms with Crippen molar-refractivity contribution in [2.24, 2.45) is 0 Å². The maximum absolute atomic E-state index is 5.75. The first kappa shape index (κ1) is 24.2. The first-order valence-corrected chi connectivity index (χ1v) is 1.00. The molecule has 0 aromatic rings. The quantitative estimate of drug-likeness (QED) is 0.279. The standard InChI is InChI=1S/2CH4N.K.Li/c2*1-2;;/h2*2H,1H3;;/q2*-1;2*+1. The first-order valence-electron chi connectivity index (χ1n) is 1.00. The van der Waals surface area contributed by atoms with E-state index in [0.29, 0.717) is 0 Å². The summed E-state index contributed by atoms with van der Waals surface area (Å²) in [5, 5.41) is 0. The molecule has 0 aliphatic heterocycles. The van der Waals surface area contributed by atoms with Crippen molar-refractivity contribution in [1.29, 1.82) is 0 Å². The average Bonchev–Trinajstić information content (AvgIpc) is 1.50. The molecular weight excluding hydrogens is 98.1 g/mol. The predicted molar refractivity (Wildman–Crippen MR) is 20.5 cm³/mol. The SMILES string of the molecule is C[NH-].C[NH-].[K+].[Li+]. The van der Waals surface area contributed by atoms with E-state index in [1.54, 1.807) is 0 Å². The van der Waals surface area contributed by atoms with E-state index >= 15 is 0 Å². The summed E-state index contributed by atoms with van der Waals surface area (Å²) in [6.07, 6.45) is 0. The molecule has 0 radical (unpaired) electrons. The van der Waals surface area contributed by atoms with Crippen LogP contribution in [0.5, 0.6) is 0 Å². The van der Waals surface area contributed by atoms with Crippen LogP contribution in [0.1, 0.15) is 0 Å². The largest absolute Gasteiger partial charge is 1.00 e.